The predicted octanol–water partition coefficient (Wildman–Crippen LogP) is 2.33. The number of esters is 1. The summed E-state index contributed by atoms with van der Waals surface area (Å²) < 4.78 is 8.03. The van der Waals surface area contributed by atoms with Gasteiger partial charge in [0.05, 0.1) is 23.7 Å². The van der Waals surface area contributed by atoms with Gasteiger partial charge in [-0.1, -0.05) is 19.8 Å². The molecule has 0 aromatic carbocycles. The normalized spacial score (nSPS) is 11.3. The van der Waals surface area contributed by atoms with E-state index in [1.165, 1.54) is 17.8 Å². The molecule has 126 valence electrons. The third kappa shape index (κ3) is 2.55. The zero-order valence-corrected chi connectivity index (χ0v) is 14.1. The molecule has 7 heteroatoms. The summed E-state index contributed by atoms with van der Waals surface area (Å²) in [5.41, 5.74) is 1.79. The van der Waals surface area contributed by atoms with Crippen LogP contribution in [0.15, 0.2) is 23.3 Å². The molecule has 0 saturated heterocycles. The van der Waals surface area contributed by atoms with Crippen molar-refractivity contribution in [1.82, 2.24) is 19.2 Å². The number of pyridine rings is 1. The van der Waals surface area contributed by atoms with Gasteiger partial charge in [0, 0.05) is 18.9 Å². The molecular weight excluding hydrogens is 308 g/mol. The van der Waals surface area contributed by atoms with Gasteiger partial charge in [-0.25, -0.2) is 14.3 Å². The van der Waals surface area contributed by atoms with E-state index in [1.54, 1.807) is 17.7 Å². The molecule has 0 radical (unpaired) electrons. The fraction of sp³-hybridized carbons (Fsp3) is 0.412. The topological polar surface area (TPSA) is 78.5 Å². The van der Waals surface area contributed by atoms with Crippen LogP contribution in [0, 0.1) is 6.92 Å². The predicted molar refractivity (Wildman–Crippen MR) is 90.4 cm³/mol. The first-order valence-electron chi connectivity index (χ1n) is 8.04. The van der Waals surface area contributed by atoms with Crippen LogP contribution >= 0.6 is 0 Å². The molecule has 0 amide bonds. The van der Waals surface area contributed by atoms with Gasteiger partial charge >= 0.3 is 5.97 Å². The largest absolute Gasteiger partial charge is 0.465 e. The second-order valence-corrected chi connectivity index (χ2v) is 5.77. The highest BCUT2D eigenvalue weighted by atomic mass is 16.5. The number of hydrogen-bond acceptors (Lipinski definition) is 5. The van der Waals surface area contributed by atoms with Crippen molar-refractivity contribution < 1.29 is 9.53 Å². The van der Waals surface area contributed by atoms with Gasteiger partial charge in [0.2, 0.25) is 0 Å². The number of carbonyl (C=O) groups is 1. The Morgan fingerprint density at radius 3 is 2.83 bits per heavy atom. The highest BCUT2D eigenvalue weighted by molar-refractivity contribution is 5.98. The van der Waals surface area contributed by atoms with Crippen LogP contribution in [-0.2, 0) is 11.3 Å². The van der Waals surface area contributed by atoms with Crippen molar-refractivity contribution >= 4 is 22.5 Å². The summed E-state index contributed by atoms with van der Waals surface area (Å²) in [5.74, 6) is -0.484. The molecular formula is C17H20N4O3. The van der Waals surface area contributed by atoms with Crippen molar-refractivity contribution in [2.24, 2.45) is 0 Å². The number of unbranched alkanes of at least 4 members (excludes halogenated alkanes) is 2. The number of ether oxygens (including phenoxy) is 1. The van der Waals surface area contributed by atoms with E-state index >= 15 is 0 Å². The monoisotopic (exact) mass is 328 g/mol. The molecule has 3 aromatic rings. The minimum absolute atomic E-state index is 0.0919. The minimum Gasteiger partial charge on any atom is -0.465 e. The number of methoxy groups -OCH3 is 1. The zero-order chi connectivity index (χ0) is 17.3. The number of hydrogen-bond donors (Lipinski definition) is 0. The maximum atomic E-state index is 12.6. The quantitative estimate of drug-likeness (QED) is 0.530. The van der Waals surface area contributed by atoms with Gasteiger partial charge in [-0.05, 0) is 19.4 Å². The van der Waals surface area contributed by atoms with Gasteiger partial charge < -0.3 is 9.30 Å². The summed E-state index contributed by atoms with van der Waals surface area (Å²) in [7, 11) is 1.32. The van der Waals surface area contributed by atoms with Crippen molar-refractivity contribution in [1.29, 1.82) is 0 Å². The summed E-state index contributed by atoms with van der Waals surface area (Å²) in [4.78, 5) is 28.9. The van der Waals surface area contributed by atoms with Crippen LogP contribution in [0.2, 0.25) is 0 Å². The smallest absolute Gasteiger partial charge is 0.343 e. The molecule has 3 heterocycles. The van der Waals surface area contributed by atoms with Crippen molar-refractivity contribution in [3.8, 4) is 0 Å². The van der Waals surface area contributed by atoms with Gasteiger partial charge in [0.1, 0.15) is 5.56 Å². The summed E-state index contributed by atoms with van der Waals surface area (Å²) in [5, 5.41) is 4.85. The number of aromatic nitrogens is 4. The van der Waals surface area contributed by atoms with E-state index in [1.807, 2.05) is 6.07 Å². The van der Waals surface area contributed by atoms with Gasteiger partial charge in [-0.15, -0.1) is 0 Å². The van der Waals surface area contributed by atoms with Crippen LogP contribution in [-0.4, -0.2) is 32.2 Å². The van der Waals surface area contributed by atoms with Crippen molar-refractivity contribution in [2.45, 2.75) is 39.7 Å². The molecule has 0 saturated carbocycles. The van der Waals surface area contributed by atoms with Crippen LogP contribution in [0.25, 0.3) is 16.6 Å². The second-order valence-electron chi connectivity index (χ2n) is 5.77. The lowest BCUT2D eigenvalue weighted by atomic mass is 10.2. The Morgan fingerprint density at radius 1 is 1.33 bits per heavy atom. The number of fused-ring (bicyclic) bond motifs is 3. The van der Waals surface area contributed by atoms with Crippen molar-refractivity contribution in [2.75, 3.05) is 7.11 Å². The van der Waals surface area contributed by atoms with E-state index in [-0.39, 0.29) is 5.56 Å². The lowest BCUT2D eigenvalue weighted by Crippen LogP contribution is -2.20. The molecule has 0 aliphatic carbocycles. The minimum atomic E-state index is -0.484. The van der Waals surface area contributed by atoms with E-state index < -0.39 is 5.97 Å². The average molecular weight is 328 g/mol. The second kappa shape index (κ2) is 6.43. The van der Waals surface area contributed by atoms with Crippen LogP contribution in [0.4, 0.5) is 0 Å². The number of nitrogens with zero attached hydrogens (tertiary/aromatic N) is 4. The summed E-state index contributed by atoms with van der Waals surface area (Å²) in [6, 6.07) is 1.84. The number of rotatable bonds is 5. The highest BCUT2D eigenvalue weighted by Crippen LogP contribution is 2.18. The standard InChI is InChI=1S/C17H20N4O3/c1-4-5-6-8-20-9-7-13-12(16(20)22)10-18-15-14(17(23)24-3)11(2)19-21(13)15/h7,9-10H,4-6,8H2,1-3H3. The van der Waals surface area contributed by atoms with Crippen LogP contribution in [0.1, 0.15) is 42.2 Å². The Bertz CT molecular complexity index is 971. The van der Waals surface area contributed by atoms with Gasteiger partial charge in [-0.2, -0.15) is 5.10 Å². The molecule has 0 unspecified atom stereocenters. The summed E-state index contributed by atoms with van der Waals surface area (Å²) in [6.07, 6.45) is 6.44. The average Bonchev–Trinajstić information content (AvgIpc) is 2.92. The third-order valence-electron chi connectivity index (χ3n) is 4.15. The molecule has 0 spiro atoms. The first-order chi connectivity index (χ1) is 11.6. The van der Waals surface area contributed by atoms with Crippen LogP contribution in [0.5, 0.6) is 0 Å². The molecule has 7 nitrogen and oxygen atoms in total. The zero-order valence-electron chi connectivity index (χ0n) is 14.1. The Hall–Kier alpha value is -2.70. The SMILES string of the molecule is CCCCCn1ccc2c(cnc3c(C(=O)OC)c(C)nn32)c1=O. The first kappa shape index (κ1) is 16.2. The fourth-order valence-electron chi connectivity index (χ4n) is 2.87. The molecule has 24 heavy (non-hydrogen) atoms. The lowest BCUT2D eigenvalue weighted by Gasteiger charge is -2.07. The highest BCUT2D eigenvalue weighted by Gasteiger charge is 2.20. The maximum Gasteiger partial charge on any atom is 0.343 e. The van der Waals surface area contributed by atoms with E-state index in [9.17, 15) is 9.59 Å². The molecule has 0 bridgehead atoms. The van der Waals surface area contributed by atoms with Gasteiger partial charge in [0.25, 0.3) is 5.56 Å². The summed E-state index contributed by atoms with van der Waals surface area (Å²) >= 11 is 0. The Morgan fingerprint density at radius 2 is 2.12 bits per heavy atom. The maximum absolute atomic E-state index is 12.6. The van der Waals surface area contributed by atoms with Crippen molar-refractivity contribution in [3.63, 3.8) is 0 Å². The molecule has 0 atom stereocenters. The Balaban J connectivity index is 2.17. The molecule has 0 aliphatic heterocycles. The lowest BCUT2D eigenvalue weighted by molar-refractivity contribution is 0.0602. The van der Waals surface area contributed by atoms with Crippen LogP contribution < -0.4 is 5.56 Å². The Kier molecular flexibility index (Phi) is 4.33. The summed E-state index contributed by atoms with van der Waals surface area (Å²) in [6.45, 7) is 4.54. The van der Waals surface area contributed by atoms with E-state index in [4.69, 9.17) is 4.74 Å². The van der Waals surface area contributed by atoms with Crippen LogP contribution in [0.3, 0.4) is 0 Å². The molecule has 0 fully saturated rings. The first-order valence-corrected chi connectivity index (χ1v) is 8.04. The molecule has 0 N–H and O–H groups in total. The van der Waals surface area contributed by atoms with Crippen molar-refractivity contribution in [3.05, 3.63) is 40.1 Å². The molecule has 3 aromatic heterocycles. The van der Waals surface area contributed by atoms with E-state index in [0.29, 0.717) is 34.4 Å². The molecule has 0 aliphatic rings. The number of carbonyl (C=O) groups excluding carboxylic acids is 1. The third-order valence-corrected chi connectivity index (χ3v) is 4.15. The fourth-order valence-corrected chi connectivity index (χ4v) is 2.87. The molecule has 3 rings (SSSR count). The number of aryl methyl sites for hydroxylation is 2. The van der Waals surface area contributed by atoms with E-state index in [0.717, 1.165) is 19.3 Å². The van der Waals surface area contributed by atoms with Gasteiger partial charge in [-0.3, -0.25) is 4.79 Å². The van der Waals surface area contributed by atoms with E-state index in [2.05, 4.69) is 17.0 Å². The Labute approximate surface area is 138 Å². The van der Waals surface area contributed by atoms with Gasteiger partial charge in [0.15, 0.2) is 5.65 Å².